The number of rotatable bonds is 8. The van der Waals surface area contributed by atoms with Gasteiger partial charge in [0.15, 0.2) is 6.19 Å². The molecule has 0 amide bonds. The average molecular weight is 328 g/mol. The predicted molar refractivity (Wildman–Crippen MR) is 95.4 cm³/mol. The summed E-state index contributed by atoms with van der Waals surface area (Å²) in [6, 6.07) is 7.95. The van der Waals surface area contributed by atoms with E-state index in [2.05, 4.69) is 35.8 Å². The second kappa shape index (κ2) is 9.50. The Hall–Kier alpha value is -2.63. The maximum atomic E-state index is 8.75. The minimum Gasteiger partial charge on any atom is -0.354 e. The van der Waals surface area contributed by atoms with Crippen LogP contribution in [0.1, 0.15) is 5.82 Å². The topological polar surface area (TPSA) is 104 Å². The number of hydrogen-bond donors (Lipinski definition) is 4. The molecule has 0 aliphatic carbocycles. The van der Waals surface area contributed by atoms with Crippen molar-refractivity contribution in [2.24, 2.45) is 4.99 Å². The van der Waals surface area contributed by atoms with E-state index in [4.69, 9.17) is 5.26 Å². The van der Waals surface area contributed by atoms with Crippen molar-refractivity contribution in [1.29, 1.82) is 5.26 Å². The number of fused-ring (bicyclic) bond motifs is 1. The summed E-state index contributed by atoms with van der Waals surface area (Å²) in [4.78, 5) is 14.2. The average Bonchev–Trinajstić information content (AvgIpc) is 2.97. The van der Waals surface area contributed by atoms with Crippen molar-refractivity contribution < 1.29 is 0 Å². The summed E-state index contributed by atoms with van der Waals surface area (Å²) >= 11 is 0. The lowest BCUT2D eigenvalue weighted by molar-refractivity contribution is 0.412. The van der Waals surface area contributed by atoms with E-state index in [1.807, 2.05) is 44.6 Å². The number of benzene rings is 1. The van der Waals surface area contributed by atoms with Gasteiger partial charge in [0.2, 0.25) is 5.96 Å². The maximum Gasteiger partial charge on any atom is 0.204 e. The summed E-state index contributed by atoms with van der Waals surface area (Å²) in [5, 5.41) is 17.7. The van der Waals surface area contributed by atoms with Crippen LogP contribution in [0.2, 0.25) is 0 Å². The lowest BCUT2D eigenvalue weighted by atomic mass is 10.3. The third kappa shape index (κ3) is 5.87. The zero-order valence-electron chi connectivity index (χ0n) is 14.1. The van der Waals surface area contributed by atoms with Gasteiger partial charge in [-0.05, 0) is 26.2 Å². The first-order chi connectivity index (χ1) is 11.7. The number of aliphatic imine (C=N–C) groups is 1. The molecule has 1 aromatic carbocycles. The molecule has 0 aliphatic heterocycles. The van der Waals surface area contributed by atoms with Crippen molar-refractivity contribution in [3.8, 4) is 6.19 Å². The third-order valence-corrected chi connectivity index (χ3v) is 3.32. The first-order valence-electron chi connectivity index (χ1n) is 7.91. The van der Waals surface area contributed by atoms with Crippen molar-refractivity contribution in [3.63, 3.8) is 0 Å². The van der Waals surface area contributed by atoms with E-state index in [1.165, 1.54) is 0 Å². The van der Waals surface area contributed by atoms with Crippen molar-refractivity contribution in [1.82, 2.24) is 30.8 Å². The van der Waals surface area contributed by atoms with Gasteiger partial charge in [0.25, 0.3) is 0 Å². The fourth-order valence-electron chi connectivity index (χ4n) is 2.13. The summed E-state index contributed by atoms with van der Waals surface area (Å²) in [6.45, 7) is 3.52. The van der Waals surface area contributed by atoms with Crippen LogP contribution in [0.3, 0.4) is 0 Å². The second-order valence-corrected chi connectivity index (χ2v) is 5.57. The summed E-state index contributed by atoms with van der Waals surface area (Å²) in [5.74, 6) is 1.41. The minimum absolute atomic E-state index is 0.505. The Bertz CT molecular complexity index is 664. The molecular formula is C16H24N8. The largest absolute Gasteiger partial charge is 0.354 e. The number of para-hydroxylation sites is 2. The third-order valence-electron chi connectivity index (χ3n) is 3.32. The van der Waals surface area contributed by atoms with Gasteiger partial charge in [0, 0.05) is 19.6 Å². The van der Waals surface area contributed by atoms with Crippen LogP contribution in [0.15, 0.2) is 29.3 Å². The zero-order chi connectivity index (χ0) is 17.2. The molecule has 0 bridgehead atoms. The Morgan fingerprint density at radius 3 is 2.92 bits per heavy atom. The molecular weight excluding hydrogens is 304 g/mol. The van der Waals surface area contributed by atoms with E-state index < -0.39 is 0 Å². The van der Waals surface area contributed by atoms with E-state index in [9.17, 15) is 0 Å². The molecule has 2 rings (SSSR count). The van der Waals surface area contributed by atoms with E-state index in [1.54, 1.807) is 0 Å². The Labute approximate surface area is 142 Å². The number of hydrogen-bond acceptors (Lipinski definition) is 5. The maximum absolute atomic E-state index is 8.75. The molecule has 0 saturated carbocycles. The van der Waals surface area contributed by atoms with E-state index in [-0.39, 0.29) is 0 Å². The van der Waals surface area contributed by atoms with Crippen LogP contribution in [0, 0.1) is 11.5 Å². The number of imidazole rings is 1. The number of aromatic amines is 1. The van der Waals surface area contributed by atoms with Crippen LogP contribution >= 0.6 is 0 Å². The number of nitriles is 1. The number of nitrogens with one attached hydrogen (secondary N) is 4. The second-order valence-electron chi connectivity index (χ2n) is 5.57. The van der Waals surface area contributed by atoms with Crippen LogP contribution in [-0.4, -0.2) is 61.1 Å². The fraction of sp³-hybridized carbons (Fsp3) is 0.438. The van der Waals surface area contributed by atoms with Gasteiger partial charge in [-0.2, -0.15) is 5.26 Å². The zero-order valence-corrected chi connectivity index (χ0v) is 14.1. The molecule has 24 heavy (non-hydrogen) atoms. The first-order valence-corrected chi connectivity index (χ1v) is 7.91. The monoisotopic (exact) mass is 328 g/mol. The van der Waals surface area contributed by atoms with Crippen LogP contribution in [0.25, 0.3) is 11.0 Å². The molecule has 0 unspecified atom stereocenters. The van der Waals surface area contributed by atoms with Gasteiger partial charge >= 0.3 is 0 Å². The molecule has 0 fully saturated rings. The van der Waals surface area contributed by atoms with Crippen LogP contribution < -0.4 is 16.0 Å². The Morgan fingerprint density at radius 2 is 2.17 bits per heavy atom. The highest BCUT2D eigenvalue weighted by molar-refractivity contribution is 5.81. The Balaban J connectivity index is 1.72. The number of nitrogens with zero attached hydrogens (tertiary/aromatic N) is 4. The van der Waals surface area contributed by atoms with Crippen LogP contribution in [0.5, 0.6) is 0 Å². The van der Waals surface area contributed by atoms with Gasteiger partial charge in [0.05, 0.1) is 24.1 Å². The van der Waals surface area contributed by atoms with Gasteiger partial charge in [0.1, 0.15) is 5.82 Å². The normalized spacial score (nSPS) is 11.7. The first kappa shape index (κ1) is 17.7. The number of H-pyrrole nitrogens is 1. The lowest BCUT2D eigenvalue weighted by Crippen LogP contribution is -2.39. The number of aromatic nitrogens is 2. The lowest BCUT2D eigenvalue weighted by Gasteiger charge is -2.12. The van der Waals surface area contributed by atoms with Crippen LogP contribution in [-0.2, 0) is 6.54 Å². The highest BCUT2D eigenvalue weighted by Crippen LogP contribution is 2.09. The molecule has 0 radical (unpaired) electrons. The van der Waals surface area contributed by atoms with Crippen molar-refractivity contribution in [2.75, 3.05) is 40.3 Å². The molecule has 128 valence electrons. The smallest absolute Gasteiger partial charge is 0.204 e. The minimum atomic E-state index is 0.505. The highest BCUT2D eigenvalue weighted by atomic mass is 15.2. The van der Waals surface area contributed by atoms with Crippen molar-refractivity contribution in [2.45, 2.75) is 6.54 Å². The number of guanidine groups is 1. The van der Waals surface area contributed by atoms with Gasteiger partial charge in [-0.3, -0.25) is 10.3 Å². The summed E-state index contributed by atoms with van der Waals surface area (Å²) in [7, 11) is 4.00. The van der Waals surface area contributed by atoms with E-state index in [0.717, 1.165) is 29.9 Å². The molecule has 0 atom stereocenters. The van der Waals surface area contributed by atoms with E-state index in [0.29, 0.717) is 25.6 Å². The summed E-state index contributed by atoms with van der Waals surface area (Å²) < 4.78 is 0. The predicted octanol–water partition coefficient (Wildman–Crippen LogP) is 0.230. The molecule has 8 heteroatoms. The van der Waals surface area contributed by atoms with Crippen molar-refractivity contribution >= 4 is 17.0 Å². The molecule has 0 saturated heterocycles. The highest BCUT2D eigenvalue weighted by Gasteiger charge is 2.01. The Morgan fingerprint density at radius 1 is 1.33 bits per heavy atom. The summed E-state index contributed by atoms with van der Waals surface area (Å²) in [6.07, 6.45) is 1.90. The molecule has 1 aromatic heterocycles. The standard InChI is InChI=1S/C16H24N8/c1-24(2)10-9-20-16(21-12-17)19-8-7-18-11-15-22-13-5-3-4-6-14(13)23-15/h3-6,18H,7-11H2,1-2H3,(H,22,23)(H2,19,20,21). The fourth-order valence-corrected chi connectivity index (χ4v) is 2.13. The van der Waals surface area contributed by atoms with Crippen molar-refractivity contribution in [3.05, 3.63) is 30.1 Å². The van der Waals surface area contributed by atoms with E-state index >= 15 is 0 Å². The van der Waals surface area contributed by atoms with Crippen LogP contribution in [0.4, 0.5) is 0 Å². The number of likely N-dealkylation sites (N-methyl/N-ethyl adjacent to an activating group) is 1. The molecule has 4 N–H and O–H groups in total. The quantitative estimate of drug-likeness (QED) is 0.182. The van der Waals surface area contributed by atoms with Gasteiger partial charge < -0.3 is 20.5 Å². The Kier molecular flexibility index (Phi) is 7.01. The SMILES string of the molecule is CN(C)CCNC(=NCCNCc1nc2ccccc2[nH]1)NC#N. The van der Waals surface area contributed by atoms with Gasteiger partial charge in [-0.25, -0.2) is 4.98 Å². The molecule has 1 heterocycles. The molecule has 8 nitrogen and oxygen atoms in total. The van der Waals surface area contributed by atoms with Gasteiger partial charge in [-0.1, -0.05) is 12.1 Å². The molecule has 0 spiro atoms. The molecule has 2 aromatic rings. The molecule has 0 aliphatic rings. The summed E-state index contributed by atoms with van der Waals surface area (Å²) in [5.41, 5.74) is 2.01. The van der Waals surface area contributed by atoms with Gasteiger partial charge in [-0.15, -0.1) is 0 Å².